The van der Waals surface area contributed by atoms with Gasteiger partial charge in [0.2, 0.25) is 0 Å². The molecule has 0 saturated carbocycles. The molecule has 0 aliphatic rings. The van der Waals surface area contributed by atoms with Crippen molar-refractivity contribution >= 4 is 5.69 Å². The van der Waals surface area contributed by atoms with Gasteiger partial charge < -0.3 is 9.64 Å². The van der Waals surface area contributed by atoms with Gasteiger partial charge in [0, 0.05) is 13.6 Å². The van der Waals surface area contributed by atoms with Crippen LogP contribution in [0.15, 0.2) is 30.4 Å². The molecule has 3 heteroatoms. The second kappa shape index (κ2) is 5.22. The van der Waals surface area contributed by atoms with Crippen molar-refractivity contribution in [1.82, 2.24) is 0 Å². The molecule has 0 amide bonds. The number of likely N-dealkylation sites (N-methyl/N-ethyl adjacent to an activating group) is 1. The van der Waals surface area contributed by atoms with E-state index in [2.05, 4.69) is 12.6 Å². The molecular formula is C13H16N2O. The molecule has 0 fully saturated rings. The number of hydrogen-bond donors (Lipinski definition) is 0. The van der Waals surface area contributed by atoms with Gasteiger partial charge in [-0.2, -0.15) is 5.26 Å². The molecule has 0 heterocycles. The first-order valence-corrected chi connectivity index (χ1v) is 5.02. The van der Waals surface area contributed by atoms with Gasteiger partial charge in [-0.15, -0.1) is 0 Å². The van der Waals surface area contributed by atoms with Crippen LogP contribution in [0, 0.1) is 11.3 Å². The second-order valence-electron chi connectivity index (χ2n) is 3.81. The van der Waals surface area contributed by atoms with E-state index in [1.54, 1.807) is 13.2 Å². The Hall–Kier alpha value is -1.95. The van der Waals surface area contributed by atoms with Crippen LogP contribution in [0.1, 0.15) is 12.5 Å². The number of nitrogens with zero attached hydrogens (tertiary/aromatic N) is 2. The summed E-state index contributed by atoms with van der Waals surface area (Å²) in [6.45, 7) is 6.56. The molecule has 0 radical (unpaired) electrons. The Bertz CT molecular complexity index is 432. The zero-order valence-electron chi connectivity index (χ0n) is 9.95. The number of benzene rings is 1. The summed E-state index contributed by atoms with van der Waals surface area (Å²) in [6, 6.07) is 7.65. The fourth-order valence-electron chi connectivity index (χ4n) is 1.55. The maximum atomic E-state index is 9.07. The van der Waals surface area contributed by atoms with E-state index in [0.29, 0.717) is 11.3 Å². The minimum absolute atomic E-state index is 0.614. The summed E-state index contributed by atoms with van der Waals surface area (Å²) in [6.07, 6.45) is 0. The van der Waals surface area contributed by atoms with Crippen LogP contribution < -0.4 is 9.64 Å². The van der Waals surface area contributed by atoms with Crippen LogP contribution in [-0.4, -0.2) is 20.7 Å². The monoisotopic (exact) mass is 216 g/mol. The molecule has 0 N–H and O–H groups in total. The number of anilines is 1. The van der Waals surface area contributed by atoms with E-state index < -0.39 is 0 Å². The van der Waals surface area contributed by atoms with E-state index in [1.807, 2.05) is 31.0 Å². The Morgan fingerprint density at radius 3 is 2.75 bits per heavy atom. The Balaban J connectivity index is 3.04. The molecule has 0 atom stereocenters. The highest BCUT2D eigenvalue weighted by atomic mass is 16.5. The fourth-order valence-corrected chi connectivity index (χ4v) is 1.55. The average Bonchev–Trinajstić information content (AvgIpc) is 2.27. The largest absolute Gasteiger partial charge is 0.497 e. The van der Waals surface area contributed by atoms with Crippen LogP contribution in [0.4, 0.5) is 5.69 Å². The van der Waals surface area contributed by atoms with Gasteiger partial charge in [0.05, 0.1) is 18.4 Å². The first kappa shape index (κ1) is 12.1. The predicted molar refractivity (Wildman–Crippen MR) is 65.8 cm³/mol. The summed E-state index contributed by atoms with van der Waals surface area (Å²) < 4.78 is 5.09. The van der Waals surface area contributed by atoms with Gasteiger partial charge >= 0.3 is 0 Å². The number of rotatable bonds is 4. The van der Waals surface area contributed by atoms with Crippen LogP contribution >= 0.6 is 0 Å². The van der Waals surface area contributed by atoms with E-state index in [-0.39, 0.29) is 0 Å². The standard InChI is InChI=1S/C13H16N2O/c1-10(2)9-15(3)13-6-5-12(16-4)7-11(13)8-14/h5-7H,1,9H2,2-4H3. The molecule has 0 aromatic heterocycles. The zero-order chi connectivity index (χ0) is 12.1. The SMILES string of the molecule is C=C(C)CN(C)c1ccc(OC)cc1C#N. The molecule has 0 saturated heterocycles. The number of ether oxygens (including phenoxy) is 1. The summed E-state index contributed by atoms with van der Waals surface area (Å²) in [7, 11) is 3.53. The Kier molecular flexibility index (Phi) is 3.96. The van der Waals surface area contributed by atoms with Crippen LogP contribution in [0.25, 0.3) is 0 Å². The smallest absolute Gasteiger partial charge is 0.120 e. The van der Waals surface area contributed by atoms with Gasteiger partial charge in [0.25, 0.3) is 0 Å². The molecule has 0 bridgehead atoms. The molecular weight excluding hydrogens is 200 g/mol. The lowest BCUT2D eigenvalue weighted by Gasteiger charge is -2.20. The highest BCUT2D eigenvalue weighted by Gasteiger charge is 2.08. The third-order valence-corrected chi connectivity index (χ3v) is 2.24. The molecule has 3 nitrogen and oxygen atoms in total. The summed E-state index contributed by atoms with van der Waals surface area (Å²) in [5.41, 5.74) is 2.57. The van der Waals surface area contributed by atoms with Crippen molar-refractivity contribution in [2.75, 3.05) is 25.6 Å². The molecule has 0 aliphatic heterocycles. The first-order valence-electron chi connectivity index (χ1n) is 5.02. The zero-order valence-corrected chi connectivity index (χ0v) is 9.95. The van der Waals surface area contributed by atoms with E-state index in [9.17, 15) is 0 Å². The molecule has 84 valence electrons. The number of nitriles is 1. The lowest BCUT2D eigenvalue weighted by Crippen LogP contribution is -2.20. The van der Waals surface area contributed by atoms with Crippen LogP contribution in [0.3, 0.4) is 0 Å². The first-order chi connectivity index (χ1) is 7.58. The van der Waals surface area contributed by atoms with Crippen molar-refractivity contribution in [2.45, 2.75) is 6.92 Å². The minimum Gasteiger partial charge on any atom is -0.497 e. The lowest BCUT2D eigenvalue weighted by atomic mass is 10.1. The van der Waals surface area contributed by atoms with Crippen molar-refractivity contribution in [3.05, 3.63) is 35.9 Å². The molecule has 1 rings (SSSR count). The molecule has 0 unspecified atom stereocenters. The third kappa shape index (κ3) is 2.77. The minimum atomic E-state index is 0.614. The lowest BCUT2D eigenvalue weighted by molar-refractivity contribution is 0.414. The Morgan fingerprint density at radius 2 is 2.25 bits per heavy atom. The van der Waals surface area contributed by atoms with Crippen LogP contribution in [0.2, 0.25) is 0 Å². The normalized spacial score (nSPS) is 9.38. The van der Waals surface area contributed by atoms with E-state index in [4.69, 9.17) is 10.00 Å². The number of methoxy groups -OCH3 is 1. The van der Waals surface area contributed by atoms with E-state index in [1.165, 1.54) is 0 Å². The molecule has 0 aliphatic carbocycles. The van der Waals surface area contributed by atoms with Gasteiger partial charge in [-0.05, 0) is 25.1 Å². The van der Waals surface area contributed by atoms with Crippen molar-refractivity contribution < 1.29 is 4.74 Å². The van der Waals surface area contributed by atoms with E-state index in [0.717, 1.165) is 17.8 Å². The Morgan fingerprint density at radius 1 is 1.56 bits per heavy atom. The van der Waals surface area contributed by atoms with Gasteiger partial charge in [-0.1, -0.05) is 12.2 Å². The molecule has 16 heavy (non-hydrogen) atoms. The summed E-state index contributed by atoms with van der Waals surface area (Å²) in [4.78, 5) is 2.00. The molecule has 0 spiro atoms. The van der Waals surface area contributed by atoms with Gasteiger partial charge in [-0.25, -0.2) is 0 Å². The van der Waals surface area contributed by atoms with E-state index >= 15 is 0 Å². The molecule has 1 aromatic carbocycles. The van der Waals surface area contributed by atoms with Crippen LogP contribution in [0.5, 0.6) is 5.75 Å². The third-order valence-electron chi connectivity index (χ3n) is 2.24. The quantitative estimate of drug-likeness (QED) is 0.726. The maximum Gasteiger partial charge on any atom is 0.120 e. The predicted octanol–water partition coefficient (Wildman–Crippen LogP) is 2.58. The highest BCUT2D eigenvalue weighted by Crippen LogP contribution is 2.24. The summed E-state index contributed by atoms with van der Waals surface area (Å²) in [5, 5.41) is 9.07. The van der Waals surface area contributed by atoms with Crippen molar-refractivity contribution in [3.8, 4) is 11.8 Å². The highest BCUT2D eigenvalue weighted by molar-refractivity contribution is 5.61. The van der Waals surface area contributed by atoms with Gasteiger partial charge in [-0.3, -0.25) is 0 Å². The van der Waals surface area contributed by atoms with Crippen LogP contribution in [-0.2, 0) is 0 Å². The topological polar surface area (TPSA) is 36.3 Å². The number of hydrogen-bond acceptors (Lipinski definition) is 3. The summed E-state index contributed by atoms with van der Waals surface area (Å²) >= 11 is 0. The fraction of sp³-hybridized carbons (Fsp3) is 0.308. The average molecular weight is 216 g/mol. The summed E-state index contributed by atoms with van der Waals surface area (Å²) in [5.74, 6) is 0.698. The van der Waals surface area contributed by atoms with Gasteiger partial charge in [0.1, 0.15) is 11.8 Å². The Labute approximate surface area is 96.6 Å². The van der Waals surface area contributed by atoms with Crippen molar-refractivity contribution in [2.24, 2.45) is 0 Å². The van der Waals surface area contributed by atoms with Gasteiger partial charge in [0.15, 0.2) is 0 Å². The molecule has 1 aromatic rings. The maximum absolute atomic E-state index is 9.07. The van der Waals surface area contributed by atoms with Crippen molar-refractivity contribution in [1.29, 1.82) is 5.26 Å². The van der Waals surface area contributed by atoms with Crippen molar-refractivity contribution in [3.63, 3.8) is 0 Å². The second-order valence-corrected chi connectivity index (χ2v) is 3.81.